The second-order valence-corrected chi connectivity index (χ2v) is 8.28. The number of aromatic nitrogens is 4. The summed E-state index contributed by atoms with van der Waals surface area (Å²) in [6.07, 6.45) is 7.29. The molecule has 0 atom stereocenters. The lowest BCUT2D eigenvalue weighted by atomic mass is 9.92. The van der Waals surface area contributed by atoms with Gasteiger partial charge in [-0.2, -0.15) is 9.61 Å². The van der Waals surface area contributed by atoms with Gasteiger partial charge in [-0.3, -0.25) is 9.78 Å². The normalized spacial score (nSPS) is 14.6. The highest BCUT2D eigenvalue weighted by molar-refractivity contribution is 6.36. The first kappa shape index (κ1) is 20.2. The molecule has 4 heterocycles. The zero-order chi connectivity index (χ0) is 21.9. The first-order valence-electron chi connectivity index (χ1n) is 11.0. The van der Waals surface area contributed by atoms with E-state index >= 15 is 0 Å². The van der Waals surface area contributed by atoms with Gasteiger partial charge in [0.05, 0.1) is 0 Å². The first-order chi connectivity index (χ1) is 15.7. The molecule has 4 aromatic rings. The van der Waals surface area contributed by atoms with Crippen LogP contribution in [0.4, 0.5) is 5.82 Å². The molecule has 0 radical (unpaired) electrons. The van der Waals surface area contributed by atoms with E-state index in [-0.39, 0.29) is 5.91 Å². The number of likely N-dealkylation sites (tertiary alicyclic amines) is 1. The molecule has 1 aromatic carbocycles. The summed E-state index contributed by atoms with van der Waals surface area (Å²) < 4.78 is 1.86. The Hall–Kier alpha value is -3.68. The predicted octanol–water partition coefficient (Wildman–Crippen LogP) is 2.01. The highest BCUT2D eigenvalue weighted by atomic mass is 16.2. The van der Waals surface area contributed by atoms with Crippen LogP contribution < -0.4 is 10.8 Å². The van der Waals surface area contributed by atoms with Gasteiger partial charge in [0.15, 0.2) is 5.65 Å². The summed E-state index contributed by atoms with van der Waals surface area (Å²) in [5.74, 6) is 1.34. The number of hydrogen-bond donors (Lipinski definition) is 1. The van der Waals surface area contributed by atoms with E-state index in [0.717, 1.165) is 59.7 Å². The summed E-state index contributed by atoms with van der Waals surface area (Å²) >= 11 is 0. The van der Waals surface area contributed by atoms with Gasteiger partial charge in [-0.1, -0.05) is 24.3 Å². The molecule has 8 heteroatoms. The first-order valence-corrected chi connectivity index (χ1v) is 11.0. The van der Waals surface area contributed by atoms with E-state index in [1.165, 1.54) is 0 Å². The Morgan fingerprint density at radius 3 is 2.66 bits per heavy atom. The second kappa shape index (κ2) is 8.82. The number of rotatable bonds is 5. The van der Waals surface area contributed by atoms with Crippen LogP contribution in [0.3, 0.4) is 0 Å². The minimum atomic E-state index is 0.109. The lowest BCUT2D eigenvalue weighted by molar-refractivity contribution is 0.0712. The molecule has 0 bridgehead atoms. The Bertz CT molecular complexity index is 1220. The number of nitrogens with zero attached hydrogens (tertiary/aromatic N) is 5. The van der Waals surface area contributed by atoms with Crippen molar-refractivity contribution in [2.45, 2.75) is 25.3 Å². The fourth-order valence-corrected chi connectivity index (χ4v) is 4.26. The quantitative estimate of drug-likeness (QED) is 0.497. The van der Waals surface area contributed by atoms with E-state index in [1.807, 2.05) is 72.1 Å². The summed E-state index contributed by atoms with van der Waals surface area (Å²) in [6.45, 7) is 2.14. The van der Waals surface area contributed by atoms with Gasteiger partial charge in [0, 0.05) is 61.5 Å². The fraction of sp³-hybridized carbons (Fsp3) is 0.250. The van der Waals surface area contributed by atoms with Gasteiger partial charge in [-0.05, 0) is 42.1 Å². The van der Waals surface area contributed by atoms with E-state index < -0.39 is 0 Å². The lowest BCUT2D eigenvalue weighted by Gasteiger charge is -2.32. The third-order valence-electron chi connectivity index (χ3n) is 6.09. The van der Waals surface area contributed by atoms with Gasteiger partial charge in [0.2, 0.25) is 0 Å². The van der Waals surface area contributed by atoms with Crippen molar-refractivity contribution < 1.29 is 4.79 Å². The van der Waals surface area contributed by atoms with Crippen molar-refractivity contribution in [2.24, 2.45) is 0 Å². The smallest absolute Gasteiger partial charge is 0.253 e. The van der Waals surface area contributed by atoms with E-state index in [2.05, 4.69) is 21.5 Å². The monoisotopic (exact) mass is 424 g/mol. The van der Waals surface area contributed by atoms with Crippen molar-refractivity contribution in [2.75, 3.05) is 18.4 Å². The number of fused-ring (bicyclic) bond motifs is 1. The SMILES string of the molecule is Bc1cnn2c(NCc3cccnc3)cc(C3CCN(C(=O)c4ccccc4)CC3)nc12. The number of amides is 1. The maximum Gasteiger partial charge on any atom is 0.253 e. The van der Waals surface area contributed by atoms with Gasteiger partial charge in [0.25, 0.3) is 5.91 Å². The minimum Gasteiger partial charge on any atom is -0.366 e. The van der Waals surface area contributed by atoms with Crippen molar-refractivity contribution >= 4 is 30.7 Å². The molecule has 160 valence electrons. The zero-order valence-corrected chi connectivity index (χ0v) is 18.1. The van der Waals surface area contributed by atoms with Crippen LogP contribution in [-0.2, 0) is 6.54 Å². The van der Waals surface area contributed by atoms with Gasteiger partial charge < -0.3 is 10.2 Å². The highest BCUT2D eigenvalue weighted by Gasteiger charge is 2.26. The molecular formula is C24H25BN6O. The van der Waals surface area contributed by atoms with E-state index in [0.29, 0.717) is 12.5 Å². The minimum absolute atomic E-state index is 0.109. The number of carbonyl (C=O) groups is 1. The number of pyridine rings is 1. The van der Waals surface area contributed by atoms with E-state index in [4.69, 9.17) is 4.98 Å². The van der Waals surface area contributed by atoms with Crippen LogP contribution in [0.5, 0.6) is 0 Å². The number of benzene rings is 1. The van der Waals surface area contributed by atoms with Crippen LogP contribution in [-0.4, -0.2) is 51.3 Å². The molecular weight excluding hydrogens is 399 g/mol. The number of anilines is 1. The molecule has 5 rings (SSSR count). The third kappa shape index (κ3) is 4.08. The second-order valence-electron chi connectivity index (χ2n) is 8.28. The molecule has 0 spiro atoms. The van der Waals surface area contributed by atoms with Crippen molar-refractivity contribution in [1.29, 1.82) is 0 Å². The van der Waals surface area contributed by atoms with Gasteiger partial charge >= 0.3 is 0 Å². The number of carbonyl (C=O) groups excluding carboxylic acids is 1. The average Bonchev–Trinajstić information content (AvgIpc) is 3.24. The molecule has 32 heavy (non-hydrogen) atoms. The Morgan fingerprint density at radius 1 is 1.09 bits per heavy atom. The van der Waals surface area contributed by atoms with Gasteiger partial charge in [0.1, 0.15) is 13.7 Å². The molecule has 3 aromatic heterocycles. The Kier molecular flexibility index (Phi) is 5.58. The van der Waals surface area contributed by atoms with Crippen molar-refractivity contribution in [3.63, 3.8) is 0 Å². The average molecular weight is 424 g/mol. The van der Waals surface area contributed by atoms with Crippen molar-refractivity contribution in [1.82, 2.24) is 24.5 Å². The summed E-state index contributed by atoms with van der Waals surface area (Å²) in [7, 11) is 2.03. The molecule has 1 aliphatic heterocycles. The topological polar surface area (TPSA) is 75.4 Å². The summed E-state index contributed by atoms with van der Waals surface area (Å²) in [5.41, 5.74) is 4.84. The number of nitrogens with one attached hydrogen (secondary N) is 1. The molecule has 7 nitrogen and oxygen atoms in total. The van der Waals surface area contributed by atoms with Crippen LogP contribution in [0.1, 0.15) is 40.4 Å². The van der Waals surface area contributed by atoms with Crippen LogP contribution in [0.2, 0.25) is 0 Å². The predicted molar refractivity (Wildman–Crippen MR) is 127 cm³/mol. The molecule has 0 aliphatic carbocycles. The molecule has 1 fully saturated rings. The Labute approximate surface area is 187 Å². The van der Waals surface area contributed by atoms with Crippen molar-refractivity contribution in [3.8, 4) is 0 Å². The van der Waals surface area contributed by atoms with Crippen LogP contribution >= 0.6 is 0 Å². The Morgan fingerprint density at radius 2 is 1.91 bits per heavy atom. The maximum absolute atomic E-state index is 12.8. The van der Waals surface area contributed by atoms with Gasteiger partial charge in [-0.25, -0.2) is 4.98 Å². The third-order valence-corrected chi connectivity index (χ3v) is 6.09. The van der Waals surface area contributed by atoms with Crippen molar-refractivity contribution in [3.05, 3.63) is 83.9 Å². The van der Waals surface area contributed by atoms with Crippen LogP contribution in [0, 0.1) is 0 Å². The highest BCUT2D eigenvalue weighted by Crippen LogP contribution is 2.29. The fourth-order valence-electron chi connectivity index (χ4n) is 4.26. The largest absolute Gasteiger partial charge is 0.366 e. The Balaban J connectivity index is 1.34. The standard InChI is InChI=1S/C24H25BN6O/c25-20-16-28-31-22(27-15-17-5-4-10-26-14-17)13-21(29-23(20)31)18-8-11-30(12-9-18)24(32)19-6-2-1-3-7-19/h1-7,10,13-14,16,18,27H,8-9,11-12,15,25H2. The molecule has 1 N–H and O–H groups in total. The van der Waals surface area contributed by atoms with Crippen LogP contribution in [0.25, 0.3) is 5.65 Å². The van der Waals surface area contributed by atoms with E-state index in [1.54, 1.807) is 6.20 Å². The van der Waals surface area contributed by atoms with Crippen LogP contribution in [0.15, 0.2) is 67.1 Å². The van der Waals surface area contributed by atoms with Gasteiger partial charge in [-0.15, -0.1) is 0 Å². The molecule has 1 amide bonds. The van der Waals surface area contributed by atoms with E-state index in [9.17, 15) is 4.79 Å². The molecule has 0 saturated carbocycles. The number of piperidine rings is 1. The summed E-state index contributed by atoms with van der Waals surface area (Å²) in [5, 5.41) is 8.01. The molecule has 1 aliphatic rings. The zero-order valence-electron chi connectivity index (χ0n) is 18.1. The summed E-state index contributed by atoms with van der Waals surface area (Å²) in [6, 6.07) is 15.6. The molecule has 0 unspecified atom stereocenters. The maximum atomic E-state index is 12.8. The lowest BCUT2D eigenvalue weighted by Crippen LogP contribution is -2.38. The molecule has 1 saturated heterocycles. The summed E-state index contributed by atoms with van der Waals surface area (Å²) in [4.78, 5) is 23.9. The number of hydrogen-bond acceptors (Lipinski definition) is 5.